The van der Waals surface area contributed by atoms with Gasteiger partial charge in [0.1, 0.15) is 5.82 Å². The Kier molecular flexibility index (Phi) is 2.04. The van der Waals surface area contributed by atoms with E-state index in [2.05, 4.69) is 9.97 Å². The lowest BCUT2D eigenvalue weighted by atomic mass is 10.4. The van der Waals surface area contributed by atoms with Gasteiger partial charge in [-0.05, 0) is 19.8 Å². The van der Waals surface area contributed by atoms with Gasteiger partial charge in [0.05, 0.1) is 12.7 Å². The van der Waals surface area contributed by atoms with Crippen molar-refractivity contribution in [2.75, 3.05) is 6.61 Å². The highest BCUT2D eigenvalue weighted by Crippen LogP contribution is 2.37. The van der Waals surface area contributed by atoms with Gasteiger partial charge >= 0.3 is 0 Å². The molecule has 1 fully saturated rings. The number of hydrogen-bond acceptors (Lipinski definition) is 3. The van der Waals surface area contributed by atoms with E-state index in [0.29, 0.717) is 18.4 Å². The number of ether oxygens (including phenoxy) is 1. The molecule has 1 N–H and O–H groups in total. The van der Waals surface area contributed by atoms with E-state index in [1.807, 2.05) is 6.92 Å². The third kappa shape index (κ3) is 1.88. The molecule has 0 unspecified atom stereocenters. The average molecular weight is 180 g/mol. The first-order chi connectivity index (χ1) is 6.29. The summed E-state index contributed by atoms with van der Waals surface area (Å²) in [6.45, 7) is 2.42. The van der Waals surface area contributed by atoms with Crippen LogP contribution in [0.15, 0.2) is 10.9 Å². The summed E-state index contributed by atoms with van der Waals surface area (Å²) in [4.78, 5) is 18.1. The predicted molar refractivity (Wildman–Crippen MR) is 48.0 cm³/mol. The van der Waals surface area contributed by atoms with E-state index >= 15 is 0 Å². The van der Waals surface area contributed by atoms with Crippen LogP contribution in [0, 0.1) is 0 Å². The van der Waals surface area contributed by atoms with Crippen LogP contribution >= 0.6 is 0 Å². The van der Waals surface area contributed by atoms with Gasteiger partial charge in [-0.15, -0.1) is 0 Å². The fourth-order valence-corrected chi connectivity index (χ4v) is 1.23. The highest BCUT2D eigenvalue weighted by molar-refractivity contribution is 5.13. The van der Waals surface area contributed by atoms with Gasteiger partial charge < -0.3 is 9.72 Å². The zero-order valence-corrected chi connectivity index (χ0v) is 7.54. The Hall–Kier alpha value is -1.32. The minimum atomic E-state index is -0.125. The molecule has 0 aliphatic heterocycles. The van der Waals surface area contributed by atoms with Gasteiger partial charge in [-0.2, -0.15) is 4.98 Å². The van der Waals surface area contributed by atoms with Crippen LogP contribution in [0.25, 0.3) is 0 Å². The molecule has 1 saturated carbocycles. The summed E-state index contributed by atoms with van der Waals surface area (Å²) in [5.74, 6) is 1.66. The Bertz CT molecular complexity index is 355. The average Bonchev–Trinajstić information content (AvgIpc) is 2.85. The second-order valence-electron chi connectivity index (χ2n) is 3.18. The largest absolute Gasteiger partial charge is 0.478 e. The lowest BCUT2D eigenvalue weighted by Gasteiger charge is -2.02. The molecule has 0 amide bonds. The Morgan fingerprint density at radius 3 is 3.08 bits per heavy atom. The molecule has 13 heavy (non-hydrogen) atoms. The number of nitrogens with one attached hydrogen (secondary N) is 1. The monoisotopic (exact) mass is 180 g/mol. The highest BCUT2D eigenvalue weighted by atomic mass is 16.5. The standard InChI is InChI=1S/C9H12N2O2/c1-2-13-8-5-7(12)10-9(11-8)6-3-4-6/h5-6H,2-4H2,1H3,(H,10,11,12). The van der Waals surface area contributed by atoms with E-state index in [-0.39, 0.29) is 5.56 Å². The summed E-state index contributed by atoms with van der Waals surface area (Å²) < 4.78 is 5.17. The van der Waals surface area contributed by atoms with Crippen molar-refractivity contribution in [3.05, 3.63) is 22.2 Å². The molecule has 1 aromatic rings. The zero-order chi connectivity index (χ0) is 9.26. The molecule has 0 aromatic carbocycles. The normalized spacial score (nSPS) is 15.8. The minimum absolute atomic E-state index is 0.125. The molecule has 0 bridgehead atoms. The van der Waals surface area contributed by atoms with Gasteiger partial charge in [0.2, 0.25) is 5.88 Å². The van der Waals surface area contributed by atoms with Crippen LogP contribution in [-0.2, 0) is 0 Å². The SMILES string of the molecule is CCOc1cc(=O)[nH]c(C2CC2)n1. The van der Waals surface area contributed by atoms with Gasteiger partial charge in [0.25, 0.3) is 5.56 Å². The van der Waals surface area contributed by atoms with Crippen LogP contribution in [0.1, 0.15) is 31.5 Å². The molecule has 70 valence electrons. The molecular formula is C9H12N2O2. The van der Waals surface area contributed by atoms with E-state index < -0.39 is 0 Å². The number of aromatic amines is 1. The van der Waals surface area contributed by atoms with Crippen molar-refractivity contribution in [2.45, 2.75) is 25.7 Å². The second kappa shape index (κ2) is 3.20. The smallest absolute Gasteiger partial charge is 0.254 e. The maximum absolute atomic E-state index is 11.1. The fraction of sp³-hybridized carbons (Fsp3) is 0.556. The van der Waals surface area contributed by atoms with Crippen molar-refractivity contribution in [3.63, 3.8) is 0 Å². The first-order valence-corrected chi connectivity index (χ1v) is 4.53. The highest BCUT2D eigenvalue weighted by Gasteiger charge is 2.26. The lowest BCUT2D eigenvalue weighted by Crippen LogP contribution is -2.11. The molecule has 0 saturated heterocycles. The van der Waals surface area contributed by atoms with Crippen LogP contribution in [-0.4, -0.2) is 16.6 Å². The Balaban J connectivity index is 2.30. The Morgan fingerprint density at radius 2 is 2.46 bits per heavy atom. The molecule has 1 aromatic heterocycles. The van der Waals surface area contributed by atoms with E-state index in [0.717, 1.165) is 18.7 Å². The molecule has 0 radical (unpaired) electrons. The molecular weight excluding hydrogens is 168 g/mol. The first kappa shape index (κ1) is 8.29. The molecule has 4 heteroatoms. The minimum Gasteiger partial charge on any atom is -0.478 e. The van der Waals surface area contributed by atoms with Gasteiger partial charge in [0, 0.05) is 5.92 Å². The van der Waals surface area contributed by atoms with Crippen molar-refractivity contribution in [3.8, 4) is 5.88 Å². The van der Waals surface area contributed by atoms with Gasteiger partial charge in [-0.3, -0.25) is 4.79 Å². The summed E-state index contributed by atoms with van der Waals surface area (Å²) in [6, 6.07) is 1.38. The summed E-state index contributed by atoms with van der Waals surface area (Å²) >= 11 is 0. The van der Waals surface area contributed by atoms with Crippen molar-refractivity contribution >= 4 is 0 Å². The number of aromatic nitrogens is 2. The summed E-state index contributed by atoms with van der Waals surface area (Å²) in [7, 11) is 0. The zero-order valence-electron chi connectivity index (χ0n) is 7.54. The Morgan fingerprint density at radius 1 is 1.69 bits per heavy atom. The maximum Gasteiger partial charge on any atom is 0.254 e. The summed E-state index contributed by atoms with van der Waals surface area (Å²) in [5.41, 5.74) is -0.125. The molecule has 0 spiro atoms. The van der Waals surface area contributed by atoms with Crippen LogP contribution in [0.3, 0.4) is 0 Å². The van der Waals surface area contributed by atoms with E-state index in [1.54, 1.807) is 0 Å². The summed E-state index contributed by atoms with van der Waals surface area (Å²) in [6.07, 6.45) is 2.25. The third-order valence-electron chi connectivity index (χ3n) is 1.99. The molecule has 1 aliphatic rings. The van der Waals surface area contributed by atoms with Crippen LogP contribution in [0.4, 0.5) is 0 Å². The number of nitrogens with zero attached hydrogens (tertiary/aromatic N) is 1. The Labute approximate surface area is 76.0 Å². The molecule has 4 nitrogen and oxygen atoms in total. The number of hydrogen-bond donors (Lipinski definition) is 1. The molecule has 1 aliphatic carbocycles. The first-order valence-electron chi connectivity index (χ1n) is 4.53. The van der Waals surface area contributed by atoms with E-state index in [1.165, 1.54) is 6.07 Å². The van der Waals surface area contributed by atoms with Crippen molar-refractivity contribution in [2.24, 2.45) is 0 Å². The number of H-pyrrole nitrogens is 1. The van der Waals surface area contributed by atoms with E-state index in [9.17, 15) is 4.79 Å². The molecule has 1 heterocycles. The quantitative estimate of drug-likeness (QED) is 0.756. The van der Waals surface area contributed by atoms with Gasteiger partial charge in [-0.1, -0.05) is 0 Å². The molecule has 0 atom stereocenters. The second-order valence-corrected chi connectivity index (χ2v) is 3.18. The predicted octanol–water partition coefficient (Wildman–Crippen LogP) is 1.05. The van der Waals surface area contributed by atoms with Crippen molar-refractivity contribution in [1.82, 2.24) is 9.97 Å². The van der Waals surface area contributed by atoms with Crippen molar-refractivity contribution < 1.29 is 4.74 Å². The van der Waals surface area contributed by atoms with Crippen molar-refractivity contribution in [1.29, 1.82) is 0 Å². The topological polar surface area (TPSA) is 55.0 Å². The van der Waals surface area contributed by atoms with Gasteiger partial charge in [-0.25, -0.2) is 0 Å². The van der Waals surface area contributed by atoms with Crippen LogP contribution in [0.2, 0.25) is 0 Å². The third-order valence-corrected chi connectivity index (χ3v) is 1.99. The number of rotatable bonds is 3. The maximum atomic E-state index is 11.1. The fourth-order valence-electron chi connectivity index (χ4n) is 1.23. The van der Waals surface area contributed by atoms with Crippen LogP contribution < -0.4 is 10.3 Å². The summed E-state index contributed by atoms with van der Waals surface area (Å²) in [5, 5.41) is 0. The van der Waals surface area contributed by atoms with Crippen LogP contribution in [0.5, 0.6) is 5.88 Å². The lowest BCUT2D eigenvalue weighted by molar-refractivity contribution is 0.324. The van der Waals surface area contributed by atoms with E-state index in [4.69, 9.17) is 4.74 Å². The molecule has 2 rings (SSSR count). The van der Waals surface area contributed by atoms with Gasteiger partial charge in [0.15, 0.2) is 0 Å².